The molecule has 0 heterocycles. The molecule has 1 atom stereocenters. The molecule has 0 fully saturated rings. The molecular weight excluding hydrogens is 226 g/mol. The van der Waals surface area contributed by atoms with E-state index in [1.54, 1.807) is 0 Å². The van der Waals surface area contributed by atoms with E-state index in [4.69, 9.17) is 4.74 Å². The van der Waals surface area contributed by atoms with Gasteiger partial charge < -0.3 is 10.1 Å². The maximum atomic E-state index is 11.9. The second-order valence-corrected chi connectivity index (χ2v) is 4.48. The Morgan fingerprint density at radius 2 is 2.06 bits per heavy atom. The van der Waals surface area contributed by atoms with Crippen LogP contribution in [0.15, 0.2) is 36.1 Å². The molecule has 3 heteroatoms. The minimum absolute atomic E-state index is 0.186. The summed E-state index contributed by atoms with van der Waals surface area (Å²) < 4.78 is 5.08. The first kappa shape index (κ1) is 14.6. The monoisotopic (exact) mass is 249 g/mol. The summed E-state index contributed by atoms with van der Waals surface area (Å²) in [6, 6.07) is 0.278. The molecule has 1 aliphatic carbocycles. The van der Waals surface area contributed by atoms with Crippen molar-refractivity contribution < 1.29 is 9.53 Å². The van der Waals surface area contributed by atoms with Crippen molar-refractivity contribution in [3.8, 4) is 0 Å². The first-order chi connectivity index (χ1) is 8.67. The molecule has 0 amide bonds. The van der Waals surface area contributed by atoms with Gasteiger partial charge in [-0.15, -0.1) is 0 Å². The van der Waals surface area contributed by atoms with Crippen molar-refractivity contribution in [2.45, 2.75) is 39.7 Å². The van der Waals surface area contributed by atoms with Gasteiger partial charge in [0.25, 0.3) is 0 Å². The number of hydrogen-bond acceptors (Lipinski definition) is 3. The summed E-state index contributed by atoms with van der Waals surface area (Å²) in [4.78, 5) is 11.9. The number of carbonyl (C=O) groups is 1. The summed E-state index contributed by atoms with van der Waals surface area (Å²) in [7, 11) is 0. The minimum atomic E-state index is -0.269. The Bertz CT molecular complexity index is 344. The lowest BCUT2D eigenvalue weighted by atomic mass is 10.1. The first-order valence-electron chi connectivity index (χ1n) is 6.67. The zero-order chi connectivity index (χ0) is 13.4. The topological polar surface area (TPSA) is 38.3 Å². The third kappa shape index (κ3) is 4.78. The zero-order valence-electron chi connectivity index (χ0n) is 11.5. The molecule has 1 aliphatic rings. The largest absolute Gasteiger partial charge is 0.461 e. The second kappa shape index (κ2) is 7.75. The highest BCUT2D eigenvalue weighted by atomic mass is 16.5. The molecule has 0 aromatic heterocycles. The lowest BCUT2D eigenvalue weighted by Gasteiger charge is -2.17. The Morgan fingerprint density at radius 1 is 1.39 bits per heavy atom. The molecule has 3 nitrogen and oxygen atoms in total. The number of rotatable bonds is 7. The smallest absolute Gasteiger partial charge is 0.354 e. The van der Waals surface area contributed by atoms with Gasteiger partial charge in [0, 0.05) is 12.0 Å². The molecular formula is C15H23NO2. The molecule has 18 heavy (non-hydrogen) atoms. The van der Waals surface area contributed by atoms with Crippen molar-refractivity contribution in [3.63, 3.8) is 0 Å². The maximum Gasteiger partial charge on any atom is 0.354 e. The second-order valence-electron chi connectivity index (χ2n) is 4.48. The highest BCUT2D eigenvalue weighted by Gasteiger charge is 2.14. The van der Waals surface area contributed by atoms with Crippen LogP contribution in [0.1, 0.15) is 33.6 Å². The Balaban J connectivity index is 2.70. The van der Waals surface area contributed by atoms with E-state index in [-0.39, 0.29) is 17.9 Å². The van der Waals surface area contributed by atoms with Gasteiger partial charge >= 0.3 is 5.97 Å². The van der Waals surface area contributed by atoms with Crippen molar-refractivity contribution in [3.05, 3.63) is 36.1 Å². The summed E-state index contributed by atoms with van der Waals surface area (Å²) in [5.74, 6) is -0.0834. The third-order valence-corrected chi connectivity index (χ3v) is 2.76. The number of allylic oxidation sites excluding steroid dienone is 5. The Hall–Kier alpha value is -1.51. The molecule has 0 saturated carbocycles. The number of ether oxygens (including phenoxy) is 1. The van der Waals surface area contributed by atoms with Crippen LogP contribution in [0.3, 0.4) is 0 Å². The van der Waals surface area contributed by atoms with Gasteiger partial charge in [-0.1, -0.05) is 37.6 Å². The standard InChI is InChI=1S/C15H23NO2/c1-4-8-12(3)16-14(15(17)18-5-2)11-13-9-6-7-10-13/h6-7,9-13,16H,4-5,8H2,1-3H3/b14-11-/t12-/m0/s1. The van der Waals surface area contributed by atoms with E-state index in [0.29, 0.717) is 12.3 Å². The molecule has 0 aliphatic heterocycles. The summed E-state index contributed by atoms with van der Waals surface area (Å²) in [6.45, 7) is 6.43. The third-order valence-electron chi connectivity index (χ3n) is 2.76. The summed E-state index contributed by atoms with van der Waals surface area (Å²) in [5, 5.41) is 3.25. The van der Waals surface area contributed by atoms with Gasteiger partial charge in [-0.2, -0.15) is 0 Å². The molecule has 0 bridgehead atoms. The van der Waals surface area contributed by atoms with E-state index in [0.717, 1.165) is 12.8 Å². The average molecular weight is 249 g/mol. The molecule has 0 spiro atoms. The number of hydrogen-bond donors (Lipinski definition) is 1. The Morgan fingerprint density at radius 3 is 2.61 bits per heavy atom. The van der Waals surface area contributed by atoms with Crippen molar-refractivity contribution in [2.24, 2.45) is 5.92 Å². The van der Waals surface area contributed by atoms with Crippen LogP contribution in [0.5, 0.6) is 0 Å². The van der Waals surface area contributed by atoms with Gasteiger partial charge in [0.1, 0.15) is 5.70 Å². The van der Waals surface area contributed by atoms with Crippen LogP contribution in [0.2, 0.25) is 0 Å². The summed E-state index contributed by atoms with van der Waals surface area (Å²) in [5.41, 5.74) is 0.569. The fourth-order valence-electron chi connectivity index (χ4n) is 1.91. The minimum Gasteiger partial charge on any atom is -0.461 e. The predicted molar refractivity (Wildman–Crippen MR) is 74.0 cm³/mol. The van der Waals surface area contributed by atoms with Gasteiger partial charge in [-0.25, -0.2) is 4.79 Å². The van der Waals surface area contributed by atoms with Gasteiger partial charge in [-0.3, -0.25) is 0 Å². The van der Waals surface area contributed by atoms with Crippen LogP contribution in [0, 0.1) is 5.92 Å². The fourth-order valence-corrected chi connectivity index (χ4v) is 1.91. The highest BCUT2D eigenvalue weighted by molar-refractivity contribution is 5.88. The van der Waals surface area contributed by atoms with Crippen molar-refractivity contribution in [1.82, 2.24) is 5.32 Å². The SMILES string of the molecule is CCC[C@H](C)N/C(=C\C1C=CC=C1)C(=O)OCC. The van der Waals surface area contributed by atoms with Crippen LogP contribution in [-0.2, 0) is 9.53 Å². The number of carbonyl (C=O) groups excluding carboxylic acids is 1. The molecule has 1 rings (SSSR count). The predicted octanol–water partition coefficient (Wildman–Crippen LogP) is 2.95. The Kier molecular flexibility index (Phi) is 6.26. The Labute approximate surface area is 110 Å². The molecule has 0 saturated heterocycles. The van der Waals surface area contributed by atoms with Crippen LogP contribution in [0.4, 0.5) is 0 Å². The van der Waals surface area contributed by atoms with E-state index in [1.807, 2.05) is 37.3 Å². The quantitative estimate of drug-likeness (QED) is 0.557. The van der Waals surface area contributed by atoms with Crippen molar-refractivity contribution in [1.29, 1.82) is 0 Å². The van der Waals surface area contributed by atoms with Crippen LogP contribution < -0.4 is 5.32 Å². The normalized spacial score (nSPS) is 16.9. The summed E-state index contributed by atoms with van der Waals surface area (Å²) in [6.07, 6.45) is 12.1. The lowest BCUT2D eigenvalue weighted by molar-refractivity contribution is -0.139. The maximum absolute atomic E-state index is 11.9. The highest BCUT2D eigenvalue weighted by Crippen LogP contribution is 2.13. The molecule has 0 aromatic carbocycles. The van der Waals surface area contributed by atoms with E-state index in [2.05, 4.69) is 19.2 Å². The van der Waals surface area contributed by atoms with Gasteiger partial charge in [0.15, 0.2) is 0 Å². The van der Waals surface area contributed by atoms with Crippen LogP contribution in [0.25, 0.3) is 0 Å². The zero-order valence-corrected chi connectivity index (χ0v) is 11.5. The van der Waals surface area contributed by atoms with Crippen LogP contribution in [-0.4, -0.2) is 18.6 Å². The van der Waals surface area contributed by atoms with Gasteiger partial charge in [0.2, 0.25) is 0 Å². The van der Waals surface area contributed by atoms with E-state index in [9.17, 15) is 4.79 Å². The molecule has 100 valence electrons. The van der Waals surface area contributed by atoms with E-state index < -0.39 is 0 Å². The first-order valence-corrected chi connectivity index (χ1v) is 6.67. The lowest BCUT2D eigenvalue weighted by Crippen LogP contribution is -2.30. The van der Waals surface area contributed by atoms with E-state index in [1.165, 1.54) is 0 Å². The average Bonchev–Trinajstić information content (AvgIpc) is 2.81. The fraction of sp³-hybridized carbons (Fsp3) is 0.533. The molecule has 0 unspecified atom stereocenters. The summed E-state index contributed by atoms with van der Waals surface area (Å²) >= 11 is 0. The van der Waals surface area contributed by atoms with Crippen molar-refractivity contribution >= 4 is 5.97 Å². The van der Waals surface area contributed by atoms with Gasteiger partial charge in [0.05, 0.1) is 6.61 Å². The number of nitrogens with one attached hydrogen (secondary N) is 1. The van der Waals surface area contributed by atoms with Crippen molar-refractivity contribution in [2.75, 3.05) is 6.61 Å². The van der Waals surface area contributed by atoms with Crippen LogP contribution >= 0.6 is 0 Å². The molecule has 0 aromatic rings. The number of esters is 1. The van der Waals surface area contributed by atoms with E-state index >= 15 is 0 Å². The molecule has 1 N–H and O–H groups in total. The molecule has 0 radical (unpaired) electrons. The van der Waals surface area contributed by atoms with Gasteiger partial charge in [-0.05, 0) is 26.3 Å².